The summed E-state index contributed by atoms with van der Waals surface area (Å²) in [7, 11) is 0. The lowest BCUT2D eigenvalue weighted by Gasteiger charge is -2.11. The SMILES string of the molecule is OC(CCc1cccs1)c1cccc(F)c1F. The van der Waals surface area contributed by atoms with E-state index in [0.29, 0.717) is 12.8 Å². The van der Waals surface area contributed by atoms with Gasteiger partial charge < -0.3 is 5.11 Å². The van der Waals surface area contributed by atoms with Crippen molar-refractivity contribution in [2.24, 2.45) is 0 Å². The Morgan fingerprint density at radius 1 is 1.18 bits per heavy atom. The molecule has 0 saturated heterocycles. The smallest absolute Gasteiger partial charge is 0.164 e. The quantitative estimate of drug-likeness (QED) is 0.882. The lowest BCUT2D eigenvalue weighted by Crippen LogP contribution is -2.03. The van der Waals surface area contributed by atoms with Crippen molar-refractivity contribution in [1.82, 2.24) is 0 Å². The number of aryl methyl sites for hydroxylation is 1. The monoisotopic (exact) mass is 254 g/mol. The van der Waals surface area contributed by atoms with Gasteiger partial charge in [-0.1, -0.05) is 18.2 Å². The molecule has 2 aromatic rings. The molecule has 1 aromatic heterocycles. The van der Waals surface area contributed by atoms with Gasteiger partial charge in [0.25, 0.3) is 0 Å². The van der Waals surface area contributed by atoms with Crippen molar-refractivity contribution in [3.05, 3.63) is 57.8 Å². The molecule has 1 nitrogen and oxygen atoms in total. The van der Waals surface area contributed by atoms with Gasteiger partial charge in [0.05, 0.1) is 6.10 Å². The summed E-state index contributed by atoms with van der Waals surface area (Å²) in [5.74, 6) is -1.87. The van der Waals surface area contributed by atoms with Crippen LogP contribution in [0.15, 0.2) is 35.7 Å². The van der Waals surface area contributed by atoms with Crippen LogP contribution in [0.3, 0.4) is 0 Å². The maximum absolute atomic E-state index is 13.4. The Bertz CT molecular complexity index is 482. The van der Waals surface area contributed by atoms with Gasteiger partial charge in [0.2, 0.25) is 0 Å². The van der Waals surface area contributed by atoms with E-state index in [-0.39, 0.29) is 5.56 Å². The standard InChI is InChI=1S/C13H12F2OS/c14-11-5-1-4-10(13(11)15)12(16)7-6-9-3-2-8-17-9/h1-5,8,12,16H,6-7H2. The highest BCUT2D eigenvalue weighted by atomic mass is 32.1. The minimum absolute atomic E-state index is 0.0292. The van der Waals surface area contributed by atoms with E-state index in [1.165, 1.54) is 12.1 Å². The normalized spacial score (nSPS) is 12.6. The van der Waals surface area contributed by atoms with Crippen LogP contribution in [-0.4, -0.2) is 5.11 Å². The van der Waals surface area contributed by atoms with Gasteiger partial charge in [-0.15, -0.1) is 11.3 Å². The van der Waals surface area contributed by atoms with Crippen LogP contribution in [0, 0.1) is 11.6 Å². The van der Waals surface area contributed by atoms with E-state index in [1.54, 1.807) is 11.3 Å². The van der Waals surface area contributed by atoms with Crippen molar-refractivity contribution >= 4 is 11.3 Å². The van der Waals surface area contributed by atoms with Gasteiger partial charge in [-0.3, -0.25) is 0 Å². The minimum Gasteiger partial charge on any atom is -0.388 e. The topological polar surface area (TPSA) is 20.2 Å². The molecule has 1 unspecified atom stereocenters. The van der Waals surface area contributed by atoms with Crippen LogP contribution in [0.1, 0.15) is 23.0 Å². The summed E-state index contributed by atoms with van der Waals surface area (Å²) in [6, 6.07) is 7.75. The third kappa shape index (κ3) is 2.90. The van der Waals surface area contributed by atoms with Crippen LogP contribution in [0.4, 0.5) is 8.78 Å². The lowest BCUT2D eigenvalue weighted by molar-refractivity contribution is 0.162. The molecule has 0 radical (unpaired) electrons. The Morgan fingerprint density at radius 2 is 2.00 bits per heavy atom. The van der Waals surface area contributed by atoms with E-state index in [0.717, 1.165) is 10.9 Å². The Balaban J connectivity index is 2.04. The summed E-state index contributed by atoms with van der Waals surface area (Å²) in [5.41, 5.74) is 0.0292. The average Bonchev–Trinajstić information content (AvgIpc) is 2.82. The molecule has 0 fully saturated rings. The molecule has 0 amide bonds. The molecule has 0 saturated carbocycles. The molecule has 17 heavy (non-hydrogen) atoms. The fourth-order valence-electron chi connectivity index (χ4n) is 1.67. The first kappa shape index (κ1) is 12.2. The Kier molecular flexibility index (Phi) is 3.86. The van der Waals surface area contributed by atoms with E-state index < -0.39 is 17.7 Å². The summed E-state index contributed by atoms with van der Waals surface area (Å²) in [6.07, 6.45) is 0.0863. The first-order chi connectivity index (χ1) is 8.18. The summed E-state index contributed by atoms with van der Waals surface area (Å²) >= 11 is 1.59. The first-order valence-electron chi connectivity index (χ1n) is 5.33. The van der Waals surface area contributed by atoms with E-state index >= 15 is 0 Å². The Morgan fingerprint density at radius 3 is 2.71 bits per heavy atom. The number of halogens is 2. The highest BCUT2D eigenvalue weighted by molar-refractivity contribution is 7.09. The third-order valence-corrected chi connectivity index (χ3v) is 3.52. The molecule has 1 atom stereocenters. The van der Waals surface area contributed by atoms with Crippen molar-refractivity contribution in [2.45, 2.75) is 18.9 Å². The fourth-order valence-corrected chi connectivity index (χ4v) is 2.39. The maximum Gasteiger partial charge on any atom is 0.164 e. The number of hydrogen-bond donors (Lipinski definition) is 1. The van der Waals surface area contributed by atoms with Crippen LogP contribution in [0.25, 0.3) is 0 Å². The number of aliphatic hydroxyl groups is 1. The summed E-state index contributed by atoms with van der Waals surface area (Å²) < 4.78 is 26.4. The van der Waals surface area contributed by atoms with Gasteiger partial charge in [0.1, 0.15) is 0 Å². The minimum atomic E-state index is -0.965. The van der Waals surface area contributed by atoms with Crippen molar-refractivity contribution in [3.63, 3.8) is 0 Å². The molecule has 0 aliphatic carbocycles. The highest BCUT2D eigenvalue weighted by Crippen LogP contribution is 2.24. The predicted octanol–water partition coefficient (Wildman–Crippen LogP) is 3.69. The van der Waals surface area contributed by atoms with E-state index in [1.807, 2.05) is 17.5 Å². The van der Waals surface area contributed by atoms with Gasteiger partial charge in [0, 0.05) is 10.4 Å². The highest BCUT2D eigenvalue weighted by Gasteiger charge is 2.15. The molecular formula is C13H12F2OS. The van der Waals surface area contributed by atoms with Crippen LogP contribution in [0.5, 0.6) is 0 Å². The van der Waals surface area contributed by atoms with Gasteiger partial charge in [-0.05, 0) is 30.4 Å². The second-order valence-corrected chi connectivity index (χ2v) is 4.81. The van der Waals surface area contributed by atoms with Crippen molar-refractivity contribution in [1.29, 1.82) is 0 Å². The zero-order valence-electron chi connectivity index (χ0n) is 9.07. The molecule has 1 heterocycles. The van der Waals surface area contributed by atoms with Gasteiger partial charge in [-0.2, -0.15) is 0 Å². The lowest BCUT2D eigenvalue weighted by atomic mass is 10.0. The number of thiophene rings is 1. The molecule has 1 aromatic carbocycles. The summed E-state index contributed by atoms with van der Waals surface area (Å²) in [6.45, 7) is 0. The fraction of sp³-hybridized carbons (Fsp3) is 0.231. The molecule has 1 N–H and O–H groups in total. The molecule has 0 aliphatic rings. The first-order valence-corrected chi connectivity index (χ1v) is 6.21. The summed E-state index contributed by atoms with van der Waals surface area (Å²) in [4.78, 5) is 1.13. The third-order valence-electron chi connectivity index (χ3n) is 2.58. The molecule has 0 bridgehead atoms. The van der Waals surface area contributed by atoms with Crippen LogP contribution in [-0.2, 0) is 6.42 Å². The van der Waals surface area contributed by atoms with Crippen LogP contribution >= 0.6 is 11.3 Å². The molecule has 90 valence electrons. The maximum atomic E-state index is 13.4. The molecule has 2 rings (SSSR count). The average molecular weight is 254 g/mol. The van der Waals surface area contributed by atoms with Crippen molar-refractivity contribution < 1.29 is 13.9 Å². The van der Waals surface area contributed by atoms with E-state index in [4.69, 9.17) is 0 Å². The molecular weight excluding hydrogens is 242 g/mol. The van der Waals surface area contributed by atoms with E-state index in [9.17, 15) is 13.9 Å². The number of rotatable bonds is 4. The van der Waals surface area contributed by atoms with Gasteiger partial charge >= 0.3 is 0 Å². The number of aliphatic hydroxyl groups excluding tert-OH is 1. The summed E-state index contributed by atoms with van der Waals surface area (Å²) in [5, 5.41) is 11.8. The number of benzene rings is 1. The molecule has 0 aliphatic heterocycles. The Labute approximate surface area is 102 Å². The predicted molar refractivity (Wildman–Crippen MR) is 64.0 cm³/mol. The van der Waals surface area contributed by atoms with Gasteiger partial charge in [0.15, 0.2) is 11.6 Å². The Hall–Kier alpha value is -1.26. The second-order valence-electron chi connectivity index (χ2n) is 3.78. The van der Waals surface area contributed by atoms with Crippen molar-refractivity contribution in [3.8, 4) is 0 Å². The van der Waals surface area contributed by atoms with Crippen LogP contribution in [0.2, 0.25) is 0 Å². The number of hydrogen-bond acceptors (Lipinski definition) is 2. The van der Waals surface area contributed by atoms with Gasteiger partial charge in [-0.25, -0.2) is 8.78 Å². The molecule has 0 spiro atoms. The van der Waals surface area contributed by atoms with Crippen molar-refractivity contribution in [2.75, 3.05) is 0 Å². The largest absolute Gasteiger partial charge is 0.388 e. The van der Waals surface area contributed by atoms with Crippen LogP contribution < -0.4 is 0 Å². The zero-order valence-corrected chi connectivity index (χ0v) is 9.88. The van der Waals surface area contributed by atoms with E-state index in [2.05, 4.69) is 0 Å². The molecule has 4 heteroatoms. The zero-order chi connectivity index (χ0) is 12.3. The second kappa shape index (κ2) is 5.38.